The number of halogens is 1. The van der Waals surface area contributed by atoms with Gasteiger partial charge in [-0.25, -0.2) is 4.79 Å². The van der Waals surface area contributed by atoms with Crippen molar-refractivity contribution >= 4 is 47.7 Å². The minimum Gasteiger partial charge on any atom is -0.490 e. The number of carboxylic acid groups (broad SMARTS) is 1. The van der Waals surface area contributed by atoms with Crippen LogP contribution < -0.4 is 41.2 Å². The first-order valence-electron chi connectivity index (χ1n) is 25.2. The summed E-state index contributed by atoms with van der Waals surface area (Å²) < 4.78 is 24.2. The van der Waals surface area contributed by atoms with E-state index in [0.717, 1.165) is 56.7 Å². The average molecular weight is 1070 g/mol. The number of rotatable bonds is 24. The first kappa shape index (κ1) is 61.4. The third-order valence-corrected chi connectivity index (χ3v) is 12.9. The number of benzene rings is 3. The molecule has 3 aliphatic rings. The van der Waals surface area contributed by atoms with E-state index in [-0.39, 0.29) is 60.9 Å². The molecule has 3 aromatic carbocycles. The number of nitrogens with one attached hydrogen (secondary N) is 4. The van der Waals surface area contributed by atoms with Gasteiger partial charge in [-0.2, -0.15) is 0 Å². The van der Waals surface area contributed by atoms with Crippen molar-refractivity contribution < 1.29 is 73.4 Å². The van der Waals surface area contributed by atoms with E-state index in [2.05, 4.69) is 28.2 Å². The van der Waals surface area contributed by atoms with Crippen molar-refractivity contribution in [2.45, 2.75) is 165 Å². The van der Waals surface area contributed by atoms with Crippen molar-refractivity contribution in [3.05, 3.63) is 87.5 Å². The third kappa shape index (κ3) is 17.5. The Kier molecular flexibility index (Phi) is 24.4. The minimum atomic E-state index is -2.45. The van der Waals surface area contributed by atoms with Crippen molar-refractivity contribution in [1.82, 2.24) is 21.3 Å². The summed E-state index contributed by atoms with van der Waals surface area (Å²) >= 11 is 0. The monoisotopic (exact) mass is 1070 g/mol. The number of nitrogens with two attached hydrogens (primary N) is 1. The van der Waals surface area contributed by atoms with Crippen molar-refractivity contribution in [2.24, 2.45) is 11.7 Å². The number of carbonyl (C=O) groups is 5. The van der Waals surface area contributed by atoms with Crippen LogP contribution in [0.5, 0.6) is 23.0 Å². The van der Waals surface area contributed by atoms with Crippen LogP contribution in [0, 0.1) is 16.0 Å². The number of fused-ring (bicyclic) bond motifs is 9. The van der Waals surface area contributed by atoms with Gasteiger partial charge in [0.1, 0.15) is 36.4 Å². The SMILES string of the molecule is CCCCCCCCCCCC(=O)NC1C(Oc2cc3cc(c2OC)Oc2ccc(cc2[N+](=O)[O-])C[C@@H](NC(=O)[C@H](N)CC(C)C)C(=O)N[C@@H](Cc2ccccc2)C(=O)N[C@H]3[C@H](O)C(=O)O)OC(CO)C(O)C1O.Cl. The van der Waals surface area contributed by atoms with Gasteiger partial charge in [-0.05, 0) is 53.6 Å². The Morgan fingerprint density at radius 2 is 1.57 bits per heavy atom. The van der Waals surface area contributed by atoms with Crippen molar-refractivity contribution in [1.29, 1.82) is 0 Å². The number of unbranched alkanes of at least 4 members (excludes halogenated alkanes) is 8. The average Bonchev–Trinajstić information content (AvgIpc) is 3.36. The Morgan fingerprint density at radius 1 is 0.907 bits per heavy atom. The molecule has 3 heterocycles. The van der Waals surface area contributed by atoms with Gasteiger partial charge in [0.15, 0.2) is 17.6 Å². The Balaban J connectivity index is 0.0000122. The second-order valence-electron chi connectivity index (χ2n) is 19.2. The maximum absolute atomic E-state index is 14.6. The number of hydrogen-bond donors (Lipinski definition) is 10. The van der Waals surface area contributed by atoms with Gasteiger partial charge in [-0.1, -0.05) is 109 Å². The normalized spacial score (nSPS) is 22.6. The van der Waals surface area contributed by atoms with E-state index >= 15 is 0 Å². The maximum Gasteiger partial charge on any atom is 0.335 e. The van der Waals surface area contributed by atoms with Crippen LogP contribution in [0.2, 0.25) is 0 Å². The molecule has 4 amide bonds. The van der Waals surface area contributed by atoms with E-state index in [4.69, 9.17) is 24.7 Å². The number of carboxylic acids is 1. The van der Waals surface area contributed by atoms with Gasteiger partial charge < -0.3 is 71.5 Å². The molecule has 3 aromatic rings. The summed E-state index contributed by atoms with van der Waals surface area (Å²) in [5.41, 5.74) is 5.98. The number of amides is 4. The molecule has 0 radical (unpaired) electrons. The summed E-state index contributed by atoms with van der Waals surface area (Å²) in [6.07, 6.45) is -0.450. The molecule has 4 bridgehead atoms. The van der Waals surface area contributed by atoms with Crippen LogP contribution in [0.3, 0.4) is 0 Å². The largest absolute Gasteiger partial charge is 0.490 e. The van der Waals surface area contributed by atoms with E-state index in [0.29, 0.717) is 12.0 Å². The van der Waals surface area contributed by atoms with Crippen molar-refractivity contribution in [2.75, 3.05) is 13.7 Å². The number of ether oxygens (including phenoxy) is 4. The number of nitro groups is 1. The molecule has 0 spiro atoms. The lowest BCUT2D eigenvalue weighted by atomic mass is 9.96. The van der Waals surface area contributed by atoms with Gasteiger partial charge in [-0.15, -0.1) is 12.4 Å². The molecule has 1 saturated heterocycles. The zero-order valence-corrected chi connectivity index (χ0v) is 43.5. The van der Waals surface area contributed by atoms with Crippen LogP contribution in [0.15, 0.2) is 60.7 Å². The Morgan fingerprint density at radius 3 is 2.19 bits per heavy atom. The molecule has 414 valence electrons. The topological polar surface area (TPSA) is 341 Å². The van der Waals surface area contributed by atoms with Crippen molar-refractivity contribution in [3.63, 3.8) is 0 Å². The lowest BCUT2D eigenvalue weighted by Gasteiger charge is -2.42. The first-order valence-corrected chi connectivity index (χ1v) is 25.2. The summed E-state index contributed by atoms with van der Waals surface area (Å²) in [7, 11) is 1.17. The van der Waals surface area contributed by atoms with Crippen LogP contribution in [-0.4, -0.2) is 129 Å². The highest BCUT2D eigenvalue weighted by atomic mass is 35.5. The molecule has 11 N–H and O–H groups in total. The van der Waals surface area contributed by atoms with Gasteiger partial charge in [0.2, 0.25) is 41.4 Å². The number of nitro benzene ring substituents is 1. The summed E-state index contributed by atoms with van der Waals surface area (Å²) in [4.78, 5) is 80.6. The highest BCUT2D eigenvalue weighted by molar-refractivity contribution is 5.94. The van der Waals surface area contributed by atoms with Crippen LogP contribution in [0.4, 0.5) is 5.69 Å². The number of nitrogens with zero attached hydrogens (tertiary/aromatic N) is 1. The fourth-order valence-electron chi connectivity index (χ4n) is 8.91. The minimum absolute atomic E-state index is 0. The smallest absolute Gasteiger partial charge is 0.335 e. The van der Waals surface area contributed by atoms with Crippen LogP contribution in [0.25, 0.3) is 0 Å². The van der Waals surface area contributed by atoms with Gasteiger partial charge in [0.05, 0.1) is 30.7 Å². The predicted octanol–water partition coefficient (Wildman–Crippen LogP) is 3.79. The summed E-state index contributed by atoms with van der Waals surface area (Å²) in [5.74, 6) is -6.54. The molecule has 3 aliphatic heterocycles. The molecular weight excluding hydrogens is 1000 g/mol. The molecular formula is C52H73ClN6O16. The number of hydrogen-bond acceptors (Lipinski definition) is 16. The zero-order valence-electron chi connectivity index (χ0n) is 42.7. The number of aliphatic carboxylic acids is 1. The Bertz CT molecular complexity index is 2380. The molecule has 6 rings (SSSR count). The van der Waals surface area contributed by atoms with Gasteiger partial charge in [-0.3, -0.25) is 29.3 Å². The third-order valence-electron chi connectivity index (χ3n) is 12.9. The Hall–Kier alpha value is -6.14. The van der Waals surface area contributed by atoms with Crippen LogP contribution in [0.1, 0.15) is 114 Å². The van der Waals surface area contributed by atoms with Gasteiger partial charge in [0, 0.05) is 25.3 Å². The maximum atomic E-state index is 14.6. The fourth-order valence-corrected chi connectivity index (χ4v) is 8.91. The van der Waals surface area contributed by atoms with E-state index < -0.39 is 125 Å². The van der Waals surface area contributed by atoms with Gasteiger partial charge >= 0.3 is 11.7 Å². The molecule has 23 heteroatoms. The molecule has 5 unspecified atom stereocenters. The molecule has 10 atom stereocenters. The molecule has 0 aromatic heterocycles. The lowest BCUT2D eigenvalue weighted by molar-refractivity contribution is -0.385. The highest BCUT2D eigenvalue weighted by Crippen LogP contribution is 2.45. The summed E-state index contributed by atoms with van der Waals surface area (Å²) in [6.45, 7) is 5.03. The zero-order chi connectivity index (χ0) is 54.1. The van der Waals surface area contributed by atoms with E-state index in [1.54, 1.807) is 30.3 Å². The second-order valence-corrected chi connectivity index (χ2v) is 19.2. The molecule has 0 saturated carbocycles. The second kappa shape index (κ2) is 29.8. The van der Waals surface area contributed by atoms with Crippen LogP contribution >= 0.6 is 12.4 Å². The molecule has 1 fully saturated rings. The lowest BCUT2D eigenvalue weighted by Crippen LogP contribution is -2.65. The molecule has 22 nitrogen and oxygen atoms in total. The Labute approximate surface area is 442 Å². The summed E-state index contributed by atoms with van der Waals surface area (Å²) in [6, 6.07) is 6.91. The number of methoxy groups -OCH3 is 1. The van der Waals surface area contributed by atoms with E-state index in [9.17, 15) is 59.6 Å². The molecule has 75 heavy (non-hydrogen) atoms. The quantitative estimate of drug-likeness (QED) is 0.0347. The summed E-state index contributed by atoms with van der Waals surface area (Å²) in [5, 5.41) is 77.5. The van der Waals surface area contributed by atoms with Crippen molar-refractivity contribution in [3.8, 4) is 23.0 Å². The van der Waals surface area contributed by atoms with E-state index in [1.807, 2.05) is 13.8 Å². The fraction of sp³-hybridized carbons (Fsp3) is 0.558. The van der Waals surface area contributed by atoms with Gasteiger partial charge in [0.25, 0.3) is 0 Å². The van der Waals surface area contributed by atoms with E-state index in [1.165, 1.54) is 32.1 Å². The number of aliphatic hydroxyl groups excluding tert-OH is 4. The highest BCUT2D eigenvalue weighted by Gasteiger charge is 2.47. The number of carbonyl (C=O) groups excluding carboxylic acids is 4. The number of aliphatic hydroxyl groups is 4. The first-order chi connectivity index (χ1) is 35.3. The molecule has 0 aliphatic carbocycles. The van der Waals surface area contributed by atoms with Crippen LogP contribution in [-0.2, 0) is 41.6 Å². The standard InChI is InChI=1S/C52H72N6O16.ClH/c1-5-6-7-8-9-10-11-12-16-19-41(60)56-43-45(62)44(61)40(28-59)74-52(43)73-39-27-32-26-38(47(39)71-4)72-37-21-20-31(25-36(37)58(69)70)24-35(54-48(64)33(53)22-29(2)3)49(65)55-34(23-30-17-14-13-15-18-30)50(66)57-42(32)46(63)51(67)68;/h13-15,17-18,20-21,25-27,29,33-35,40,42-46,52,59,61-63H,5-12,16,19,22-24,28,53H2,1-4H3,(H,54,64)(H,55,65)(H,56,60)(H,57,66)(H,67,68);1H/t33-,34+,35-,40?,42-,43?,44?,45?,46+,52?;/m1./s1. The predicted molar refractivity (Wildman–Crippen MR) is 275 cm³/mol.